The van der Waals surface area contributed by atoms with Gasteiger partial charge in [0, 0.05) is 26.4 Å². The summed E-state index contributed by atoms with van der Waals surface area (Å²) in [4.78, 5) is 10.7. The molecule has 0 amide bonds. The van der Waals surface area contributed by atoms with Crippen molar-refractivity contribution in [2.24, 2.45) is 0 Å². The van der Waals surface area contributed by atoms with Crippen molar-refractivity contribution < 1.29 is 17.6 Å². The van der Waals surface area contributed by atoms with Crippen molar-refractivity contribution >= 4 is 45.1 Å². The van der Waals surface area contributed by atoms with E-state index in [9.17, 15) is 13.2 Å². The molecule has 0 atom stereocenters. The molecular weight excluding hydrogens is 701 g/mol. The quantitative estimate of drug-likeness (QED) is 0.0925. The van der Waals surface area contributed by atoms with Gasteiger partial charge in [-0.1, -0.05) is 100 Å². The summed E-state index contributed by atoms with van der Waals surface area (Å²) in [6.45, 7) is 5.67. The first-order valence-electron chi connectivity index (χ1n) is 17.8. The van der Waals surface area contributed by atoms with E-state index in [1.54, 1.807) is 36.4 Å². The summed E-state index contributed by atoms with van der Waals surface area (Å²) in [5, 5.41) is 0. The second-order valence-corrected chi connectivity index (χ2v) is 14.8. The summed E-state index contributed by atoms with van der Waals surface area (Å²) in [5.74, 6) is -0.308. The van der Waals surface area contributed by atoms with E-state index in [1.807, 2.05) is 18.2 Å². The van der Waals surface area contributed by atoms with E-state index >= 15 is 4.39 Å². The number of unbranched alkanes of at least 4 members (excludes halogenated alkanes) is 4. The van der Waals surface area contributed by atoms with Crippen LogP contribution in [0.5, 0.6) is 0 Å². The van der Waals surface area contributed by atoms with Gasteiger partial charge in [0.15, 0.2) is 5.69 Å². The number of hydrogen-bond donors (Lipinski definition) is 0. The normalized spacial score (nSPS) is 12.0. The predicted molar refractivity (Wildman–Crippen MR) is 206 cm³/mol. The molecule has 0 saturated heterocycles. The largest absolute Gasteiger partial charge is 0.435 e. The molecule has 0 N–H and O–H groups in total. The van der Waals surface area contributed by atoms with E-state index in [1.165, 1.54) is 36.7 Å². The van der Waals surface area contributed by atoms with Crippen LogP contribution in [0.1, 0.15) is 74.9 Å². The molecule has 0 unspecified atom stereocenters. The van der Waals surface area contributed by atoms with E-state index in [0.717, 1.165) is 71.1 Å². The van der Waals surface area contributed by atoms with Gasteiger partial charge in [0.1, 0.15) is 27.9 Å². The summed E-state index contributed by atoms with van der Waals surface area (Å²) < 4.78 is 67.5. The van der Waals surface area contributed by atoms with Crippen molar-refractivity contribution in [3.63, 3.8) is 0 Å². The Labute approximate surface area is 309 Å². The topological polar surface area (TPSA) is 51.6 Å². The summed E-state index contributed by atoms with van der Waals surface area (Å²) in [7, 11) is 0. The highest BCUT2D eigenvalue weighted by molar-refractivity contribution is 7.19. The smallest absolute Gasteiger partial charge is 0.248 e. The predicted octanol–water partition coefficient (Wildman–Crippen LogP) is 13.3. The first kappa shape index (κ1) is 35.8. The fraction of sp³-hybridized carbons (Fsp3) is 0.286. The van der Waals surface area contributed by atoms with Crippen molar-refractivity contribution in [2.75, 3.05) is 0 Å². The molecule has 0 fully saturated rings. The molecule has 7 aromatic rings. The molecule has 4 aromatic carbocycles. The zero-order valence-corrected chi connectivity index (χ0v) is 30.9. The van der Waals surface area contributed by atoms with Crippen LogP contribution < -0.4 is 0 Å². The highest BCUT2D eigenvalue weighted by Crippen LogP contribution is 2.46. The molecule has 3 aromatic heterocycles. The average Bonchev–Trinajstić information content (AvgIpc) is 3.82. The second-order valence-electron chi connectivity index (χ2n) is 13.2. The molecule has 0 aliphatic carbocycles. The molecule has 3 heterocycles. The Kier molecular flexibility index (Phi) is 10.5. The lowest BCUT2D eigenvalue weighted by Gasteiger charge is -2.15. The molecule has 0 aliphatic heterocycles. The summed E-state index contributed by atoms with van der Waals surface area (Å²) in [6, 6.07) is 25.0. The second kappa shape index (κ2) is 15.2. The minimum absolute atomic E-state index is 0.0925. The number of thiophene rings is 1. The van der Waals surface area contributed by atoms with Gasteiger partial charge in [-0.25, -0.2) is 14.4 Å². The maximum Gasteiger partial charge on any atom is 0.435 e. The zero-order chi connectivity index (χ0) is 36.4. The minimum atomic E-state index is -4.71. The van der Waals surface area contributed by atoms with Crippen molar-refractivity contribution in [2.45, 2.75) is 78.3 Å². The van der Waals surface area contributed by atoms with Crippen LogP contribution in [0.25, 0.3) is 65.2 Å². The number of hydrogen-bond acceptors (Lipinski definition) is 6. The molecule has 4 nitrogen and oxygen atoms in total. The van der Waals surface area contributed by atoms with Gasteiger partial charge in [0.25, 0.3) is 0 Å². The lowest BCUT2D eigenvalue weighted by atomic mass is 9.95. The molecule has 0 bridgehead atoms. The molecule has 0 aliphatic rings. The van der Waals surface area contributed by atoms with Gasteiger partial charge in [-0.15, -0.1) is 11.3 Å². The van der Waals surface area contributed by atoms with Gasteiger partial charge in [0.05, 0.1) is 17.4 Å². The molecule has 0 saturated carbocycles. The minimum Gasteiger partial charge on any atom is -0.248 e. The number of rotatable bonds is 12. The van der Waals surface area contributed by atoms with Crippen LogP contribution >= 0.6 is 23.1 Å². The van der Waals surface area contributed by atoms with Crippen LogP contribution in [0.4, 0.5) is 17.6 Å². The molecule has 10 heteroatoms. The standard InChI is InChI=1S/C42H38F4N4S2/c1-4-6-8-10-26-12-15-29(16-13-26)33-22-23-34(51-33)36-38-37(48-41(25(3)47-38)42(44,45)46)35(39-40(36)50-52-49-39)30-19-17-28(18-20-30)31-21-14-27(24-32(31)43)11-9-7-5-2/h12-24H,4-11H2,1-3H3. The zero-order valence-electron chi connectivity index (χ0n) is 29.3. The fourth-order valence-electron chi connectivity index (χ4n) is 6.77. The Morgan fingerprint density at radius 3 is 1.83 bits per heavy atom. The Morgan fingerprint density at radius 1 is 0.596 bits per heavy atom. The highest BCUT2D eigenvalue weighted by Gasteiger charge is 2.37. The van der Waals surface area contributed by atoms with E-state index in [4.69, 9.17) is 0 Å². The van der Waals surface area contributed by atoms with Gasteiger partial charge >= 0.3 is 6.18 Å². The molecular formula is C42H38F4N4S2. The monoisotopic (exact) mass is 738 g/mol. The Bertz CT molecular complexity index is 2340. The highest BCUT2D eigenvalue weighted by atomic mass is 32.1. The first-order chi connectivity index (χ1) is 25.2. The average molecular weight is 739 g/mol. The number of fused-ring (bicyclic) bond motifs is 2. The molecule has 0 spiro atoms. The molecule has 0 radical (unpaired) electrons. The van der Waals surface area contributed by atoms with E-state index in [-0.39, 0.29) is 17.0 Å². The van der Waals surface area contributed by atoms with Crippen molar-refractivity contribution in [3.8, 4) is 43.1 Å². The number of benzene rings is 4. The summed E-state index contributed by atoms with van der Waals surface area (Å²) in [6.07, 6.45) is 3.90. The maximum atomic E-state index is 15.3. The van der Waals surface area contributed by atoms with Crippen LogP contribution in [-0.2, 0) is 19.0 Å². The SMILES string of the molecule is CCCCCc1ccc(-c2ccc(-c3c4nsnc4c(-c4ccc(-c5ccc(CCCCC)cc5F)cc4)c4nc(C(F)(F)F)c(C)nc34)s2)cc1. The Balaban J connectivity index is 1.32. The lowest BCUT2D eigenvalue weighted by molar-refractivity contribution is -0.141. The van der Waals surface area contributed by atoms with Crippen LogP contribution in [-0.4, -0.2) is 18.7 Å². The third kappa shape index (κ3) is 7.23. The van der Waals surface area contributed by atoms with E-state index < -0.39 is 11.9 Å². The van der Waals surface area contributed by atoms with Crippen LogP contribution in [0.2, 0.25) is 0 Å². The number of alkyl halides is 3. The lowest BCUT2D eigenvalue weighted by Crippen LogP contribution is -2.12. The van der Waals surface area contributed by atoms with Gasteiger partial charge in [-0.05, 0) is 78.6 Å². The molecule has 266 valence electrons. The Morgan fingerprint density at radius 2 is 1.17 bits per heavy atom. The van der Waals surface area contributed by atoms with Crippen LogP contribution in [0, 0.1) is 12.7 Å². The van der Waals surface area contributed by atoms with Gasteiger partial charge in [0.2, 0.25) is 0 Å². The van der Waals surface area contributed by atoms with Gasteiger partial charge in [-0.3, -0.25) is 0 Å². The summed E-state index contributed by atoms with van der Waals surface area (Å²) >= 11 is 2.53. The van der Waals surface area contributed by atoms with Crippen LogP contribution in [0.3, 0.4) is 0 Å². The molecule has 52 heavy (non-hydrogen) atoms. The third-order valence-corrected chi connectivity index (χ3v) is 11.2. The molecule has 7 rings (SSSR count). The number of aryl methyl sites for hydroxylation is 3. The van der Waals surface area contributed by atoms with Crippen molar-refractivity contribution in [3.05, 3.63) is 107 Å². The third-order valence-electron chi connectivity index (χ3n) is 9.52. The maximum absolute atomic E-state index is 15.3. The summed E-state index contributed by atoms with van der Waals surface area (Å²) in [5.41, 5.74) is 6.21. The van der Waals surface area contributed by atoms with Crippen molar-refractivity contribution in [1.82, 2.24) is 18.7 Å². The van der Waals surface area contributed by atoms with Gasteiger partial charge < -0.3 is 0 Å². The van der Waals surface area contributed by atoms with Crippen molar-refractivity contribution in [1.29, 1.82) is 0 Å². The fourth-order valence-corrected chi connectivity index (χ4v) is 8.39. The number of aromatic nitrogens is 4. The number of halogens is 4. The van der Waals surface area contributed by atoms with Crippen LogP contribution in [0.15, 0.2) is 78.9 Å². The van der Waals surface area contributed by atoms with E-state index in [2.05, 4.69) is 56.8 Å². The first-order valence-corrected chi connectivity index (χ1v) is 19.3. The van der Waals surface area contributed by atoms with E-state index in [0.29, 0.717) is 44.4 Å². The Hall–Kier alpha value is -4.54. The van der Waals surface area contributed by atoms with Gasteiger partial charge in [-0.2, -0.15) is 21.9 Å². The number of nitrogens with zero attached hydrogens (tertiary/aromatic N) is 4.